The first-order valence-electron chi connectivity index (χ1n) is 1.53. The van der Waals surface area contributed by atoms with E-state index in [1.807, 2.05) is 0 Å². The largest absolute Gasteiger partial charge is 2.00 e. The molecule has 0 aromatic carbocycles. The fourth-order valence-electron chi connectivity index (χ4n) is 0. The number of carbonyl (C=O) groups excluding carboxylic acids is 1. The van der Waals surface area contributed by atoms with Crippen LogP contribution in [-0.4, -0.2) is 33.6 Å². The minimum atomic E-state index is -1.44. The van der Waals surface area contributed by atoms with Crippen molar-refractivity contribution < 1.29 is 48.5 Å². The van der Waals surface area contributed by atoms with Crippen LogP contribution in [0.2, 0.25) is 0 Å². The van der Waals surface area contributed by atoms with E-state index in [2.05, 4.69) is 0 Å². The zero-order valence-corrected chi connectivity index (χ0v) is 6.30. The molecule has 0 spiro atoms. The Morgan fingerprint density at radius 3 is 1.50 bits per heavy atom. The topological polar surface area (TPSA) is 155 Å². The average molecular weight is 199 g/mol. The van der Waals surface area contributed by atoms with E-state index in [0.29, 0.717) is 0 Å². The number of hydrogen-bond donors (Lipinski definition) is 1. The van der Waals surface area contributed by atoms with Crippen LogP contribution in [0.25, 0.3) is 0 Å². The summed E-state index contributed by atoms with van der Waals surface area (Å²) in [6.07, 6.45) is -1.34. The fraction of sp³-hybridized carbons (Fsp3) is 0.667. The second kappa shape index (κ2) is 15.9. The van der Waals surface area contributed by atoms with E-state index in [-0.39, 0.29) is 33.5 Å². The Morgan fingerprint density at radius 2 is 1.50 bits per heavy atom. The molecule has 0 aliphatic carbocycles. The molecule has 0 bridgehead atoms. The molecular formula is C3H11FeO6+. The molecule has 0 rings (SSSR count). The van der Waals surface area contributed by atoms with Crippen LogP contribution in [0, 0.1) is 0 Å². The summed E-state index contributed by atoms with van der Waals surface area (Å²) in [5, 5.41) is 17.3. The molecule has 1 unspecified atom stereocenters. The number of aliphatic carboxylic acids is 1. The number of aliphatic hydroxyl groups is 1. The molecule has 0 aromatic rings. The second-order valence-corrected chi connectivity index (χ2v) is 0.995. The van der Waals surface area contributed by atoms with Crippen molar-refractivity contribution in [3.63, 3.8) is 0 Å². The maximum atomic E-state index is 9.34. The van der Waals surface area contributed by atoms with Gasteiger partial charge in [0.15, 0.2) is 0 Å². The van der Waals surface area contributed by atoms with Crippen LogP contribution in [0.5, 0.6) is 0 Å². The summed E-state index contributed by atoms with van der Waals surface area (Å²) >= 11 is 0. The Kier molecular flexibility index (Phi) is 52.3. The molecule has 7 N–H and O–H groups in total. The van der Waals surface area contributed by atoms with Gasteiger partial charge in [0.25, 0.3) is 0 Å². The normalized spacial score (nSPS) is 8.20. The van der Waals surface area contributed by atoms with Crippen molar-refractivity contribution in [2.45, 2.75) is 13.0 Å². The molecule has 0 saturated heterocycles. The van der Waals surface area contributed by atoms with Crippen molar-refractivity contribution in [2.75, 3.05) is 0 Å². The Morgan fingerprint density at radius 1 is 1.40 bits per heavy atom. The Balaban J connectivity index is -0.0000000208. The summed E-state index contributed by atoms with van der Waals surface area (Å²) in [7, 11) is 0. The number of hydrogen-bond acceptors (Lipinski definition) is 3. The second-order valence-electron chi connectivity index (χ2n) is 0.995. The Hall–Kier alpha value is -0.171. The van der Waals surface area contributed by atoms with Gasteiger partial charge in [-0.3, -0.25) is 0 Å². The first kappa shape index (κ1) is 32.9. The number of aliphatic hydroxyl groups excluding tert-OH is 1. The van der Waals surface area contributed by atoms with Gasteiger partial charge in [-0.05, 0) is 6.92 Å². The van der Waals surface area contributed by atoms with Crippen LogP contribution in [-0.2, 0) is 21.9 Å². The molecule has 0 radical (unpaired) electrons. The van der Waals surface area contributed by atoms with E-state index in [1.165, 1.54) is 0 Å². The molecule has 66 valence electrons. The van der Waals surface area contributed by atoms with Gasteiger partial charge in [-0.15, -0.1) is 0 Å². The molecule has 0 fully saturated rings. The van der Waals surface area contributed by atoms with Crippen molar-refractivity contribution in [2.24, 2.45) is 0 Å². The summed E-state index contributed by atoms with van der Waals surface area (Å²) < 4.78 is 0. The molecule has 7 heteroatoms. The molecule has 0 heterocycles. The summed E-state index contributed by atoms with van der Waals surface area (Å²) in [6, 6.07) is 0. The number of rotatable bonds is 1. The van der Waals surface area contributed by atoms with Gasteiger partial charge >= 0.3 is 17.1 Å². The summed E-state index contributed by atoms with van der Waals surface area (Å²) in [4.78, 5) is 9.34. The van der Waals surface area contributed by atoms with Crippen molar-refractivity contribution >= 4 is 5.97 Å². The first-order valence-corrected chi connectivity index (χ1v) is 1.53. The summed E-state index contributed by atoms with van der Waals surface area (Å²) in [5.41, 5.74) is 0. The predicted octanol–water partition coefficient (Wildman–Crippen LogP) is -4.36. The third kappa shape index (κ3) is 24.9. The SMILES string of the molecule is CC(O)C(=O)[O-].O.O.O.[Fe+2]. The monoisotopic (exact) mass is 199 g/mol. The Labute approximate surface area is 68.3 Å². The van der Waals surface area contributed by atoms with Crippen molar-refractivity contribution in [3.05, 3.63) is 0 Å². The zero-order valence-electron chi connectivity index (χ0n) is 5.19. The summed E-state index contributed by atoms with van der Waals surface area (Å²) in [5.74, 6) is -1.44. The van der Waals surface area contributed by atoms with Gasteiger partial charge in [0.05, 0.1) is 12.1 Å². The molecule has 1 atom stereocenters. The van der Waals surface area contributed by atoms with Gasteiger partial charge in [0.2, 0.25) is 0 Å². The maximum Gasteiger partial charge on any atom is 2.00 e. The van der Waals surface area contributed by atoms with E-state index in [1.54, 1.807) is 0 Å². The number of carbonyl (C=O) groups is 1. The third-order valence-electron chi connectivity index (χ3n) is 0.341. The predicted molar refractivity (Wildman–Crippen MR) is 27.5 cm³/mol. The molecule has 6 nitrogen and oxygen atoms in total. The molecule has 0 saturated carbocycles. The summed E-state index contributed by atoms with van der Waals surface area (Å²) in [6.45, 7) is 1.13. The fourth-order valence-corrected chi connectivity index (χ4v) is 0. The van der Waals surface area contributed by atoms with E-state index in [4.69, 9.17) is 5.11 Å². The van der Waals surface area contributed by atoms with E-state index in [0.717, 1.165) is 6.92 Å². The van der Waals surface area contributed by atoms with E-state index < -0.39 is 12.1 Å². The van der Waals surface area contributed by atoms with Crippen LogP contribution in [0.3, 0.4) is 0 Å². The molecule has 0 aromatic heterocycles. The maximum absolute atomic E-state index is 9.34. The van der Waals surface area contributed by atoms with Gasteiger partial charge in [0.1, 0.15) is 0 Å². The molecule has 0 aliphatic heterocycles. The van der Waals surface area contributed by atoms with E-state index >= 15 is 0 Å². The van der Waals surface area contributed by atoms with E-state index in [9.17, 15) is 9.90 Å². The van der Waals surface area contributed by atoms with Gasteiger partial charge < -0.3 is 31.4 Å². The first-order chi connectivity index (χ1) is 2.64. The van der Waals surface area contributed by atoms with Crippen molar-refractivity contribution in [1.29, 1.82) is 0 Å². The minimum absolute atomic E-state index is 0. The van der Waals surface area contributed by atoms with Gasteiger partial charge in [-0.25, -0.2) is 0 Å². The van der Waals surface area contributed by atoms with Crippen molar-refractivity contribution in [1.82, 2.24) is 0 Å². The Bertz CT molecular complexity index is 64.0. The van der Waals surface area contributed by atoms with Crippen LogP contribution >= 0.6 is 0 Å². The average Bonchev–Trinajstić information content (AvgIpc) is 1.36. The van der Waals surface area contributed by atoms with Crippen LogP contribution in [0.4, 0.5) is 0 Å². The standard InChI is InChI=1S/C3H6O3.Fe.3H2O/c1-2(4)3(5)6;;;;/h2,4H,1H3,(H,5,6);;3*1H2/q;+2;;;/p-1. The van der Waals surface area contributed by atoms with Crippen LogP contribution < -0.4 is 5.11 Å². The zero-order chi connectivity index (χ0) is 5.15. The molecular weight excluding hydrogens is 188 g/mol. The van der Waals surface area contributed by atoms with Crippen molar-refractivity contribution in [3.8, 4) is 0 Å². The smallest absolute Gasteiger partial charge is 0.547 e. The minimum Gasteiger partial charge on any atom is -0.547 e. The number of carboxylic acids is 1. The quantitative estimate of drug-likeness (QED) is 0.424. The molecule has 0 aliphatic rings. The number of carboxylic acid groups (broad SMARTS) is 1. The van der Waals surface area contributed by atoms with Crippen LogP contribution in [0.15, 0.2) is 0 Å². The van der Waals surface area contributed by atoms with Gasteiger partial charge in [-0.1, -0.05) is 0 Å². The van der Waals surface area contributed by atoms with Gasteiger partial charge in [-0.2, -0.15) is 0 Å². The molecule has 0 amide bonds. The molecule has 10 heavy (non-hydrogen) atoms. The third-order valence-corrected chi connectivity index (χ3v) is 0.341. The van der Waals surface area contributed by atoms with Crippen LogP contribution in [0.1, 0.15) is 6.92 Å². The van der Waals surface area contributed by atoms with Gasteiger partial charge in [0, 0.05) is 0 Å².